The molecule has 1 amide bonds. The lowest BCUT2D eigenvalue weighted by Crippen LogP contribution is -2.14. The van der Waals surface area contributed by atoms with Gasteiger partial charge in [-0.15, -0.1) is 0 Å². The molecule has 32 heavy (non-hydrogen) atoms. The lowest BCUT2D eigenvalue weighted by molar-refractivity contribution is -0.383. The second-order valence-corrected chi connectivity index (χ2v) is 7.80. The minimum atomic E-state index is -0.779. The molecule has 0 atom stereocenters. The summed E-state index contributed by atoms with van der Waals surface area (Å²) in [7, 11) is 0. The zero-order valence-corrected chi connectivity index (χ0v) is 18.8. The average molecular weight is 513 g/mol. The Morgan fingerprint density at radius 2 is 1.94 bits per heavy atom. The first-order valence-electron chi connectivity index (χ1n) is 9.20. The average Bonchev–Trinajstić information content (AvgIpc) is 2.78. The zero-order chi connectivity index (χ0) is 23.1. The van der Waals surface area contributed by atoms with Gasteiger partial charge in [-0.25, -0.2) is 0 Å². The molecule has 0 aliphatic rings. The van der Waals surface area contributed by atoms with Crippen molar-refractivity contribution in [3.63, 3.8) is 0 Å². The molecule has 0 radical (unpaired) electrons. The van der Waals surface area contributed by atoms with E-state index in [2.05, 4.69) is 21.2 Å². The molecule has 0 spiro atoms. The lowest BCUT2D eigenvalue weighted by Gasteiger charge is -2.09. The summed E-state index contributed by atoms with van der Waals surface area (Å²) in [5, 5.41) is 23.2. The minimum absolute atomic E-state index is 0.0589. The monoisotopic (exact) mass is 511 g/mol. The van der Waals surface area contributed by atoms with Gasteiger partial charge in [0, 0.05) is 11.1 Å². The van der Waals surface area contributed by atoms with Crippen LogP contribution in [-0.4, -0.2) is 10.8 Å². The number of ether oxygens (including phenoxy) is 1. The number of benzene rings is 3. The van der Waals surface area contributed by atoms with E-state index in [9.17, 15) is 20.2 Å². The number of nitrogens with one attached hydrogen (secondary N) is 1. The van der Waals surface area contributed by atoms with Gasteiger partial charge in [0.25, 0.3) is 11.6 Å². The van der Waals surface area contributed by atoms with Crippen LogP contribution in [0.4, 0.5) is 11.4 Å². The maximum atomic E-state index is 12.5. The standard InChI is InChI=1S/C23H15BrClN3O4/c24-19-11-16(6-9-22(19)32-14-15-4-2-1-3-5-15)10-17(13-26)23(29)27-20-8-7-18(25)12-21(20)28(30)31/h1-12H,14H2,(H,27,29)/b17-10+. The van der Waals surface area contributed by atoms with Crippen LogP contribution in [0.2, 0.25) is 5.02 Å². The summed E-state index contributed by atoms with van der Waals surface area (Å²) < 4.78 is 6.44. The first-order chi connectivity index (χ1) is 15.4. The number of halogens is 2. The highest BCUT2D eigenvalue weighted by atomic mass is 79.9. The topological polar surface area (TPSA) is 105 Å². The van der Waals surface area contributed by atoms with Crippen molar-refractivity contribution in [3.8, 4) is 11.8 Å². The quantitative estimate of drug-likeness (QED) is 0.177. The van der Waals surface area contributed by atoms with Crippen molar-refractivity contribution in [2.75, 3.05) is 5.32 Å². The summed E-state index contributed by atoms with van der Waals surface area (Å²) in [6.07, 6.45) is 1.38. The van der Waals surface area contributed by atoms with Gasteiger partial charge in [0.05, 0.1) is 9.40 Å². The summed E-state index contributed by atoms with van der Waals surface area (Å²) in [6.45, 7) is 0.389. The highest BCUT2D eigenvalue weighted by Gasteiger charge is 2.18. The minimum Gasteiger partial charge on any atom is -0.488 e. The predicted octanol–water partition coefficient (Wildman–Crippen LogP) is 6.14. The summed E-state index contributed by atoms with van der Waals surface area (Å²) in [5.74, 6) is -0.177. The fraction of sp³-hybridized carbons (Fsp3) is 0.0435. The van der Waals surface area contributed by atoms with Gasteiger partial charge in [-0.05, 0) is 57.4 Å². The summed E-state index contributed by atoms with van der Waals surface area (Å²) in [4.78, 5) is 23.1. The van der Waals surface area contributed by atoms with Gasteiger partial charge in [0.1, 0.15) is 29.7 Å². The lowest BCUT2D eigenvalue weighted by atomic mass is 10.1. The molecule has 1 N–H and O–H groups in total. The third kappa shape index (κ3) is 5.94. The van der Waals surface area contributed by atoms with E-state index in [0.29, 0.717) is 22.4 Å². The first kappa shape index (κ1) is 23.0. The van der Waals surface area contributed by atoms with E-state index in [1.165, 1.54) is 18.2 Å². The Bertz CT molecular complexity index is 1240. The smallest absolute Gasteiger partial charge is 0.294 e. The largest absolute Gasteiger partial charge is 0.488 e. The van der Waals surface area contributed by atoms with E-state index in [-0.39, 0.29) is 22.0 Å². The van der Waals surface area contributed by atoms with Gasteiger partial charge in [0.15, 0.2) is 0 Å². The van der Waals surface area contributed by atoms with Crippen LogP contribution in [-0.2, 0) is 11.4 Å². The normalized spacial score (nSPS) is 10.8. The fourth-order valence-corrected chi connectivity index (χ4v) is 3.40. The molecule has 0 saturated carbocycles. The SMILES string of the molecule is N#C/C(=C\c1ccc(OCc2ccccc2)c(Br)c1)C(=O)Nc1ccc(Cl)cc1[N+](=O)[O-]. The number of anilines is 1. The number of amides is 1. The second-order valence-electron chi connectivity index (χ2n) is 6.51. The number of rotatable bonds is 7. The van der Waals surface area contributed by atoms with Crippen molar-refractivity contribution < 1.29 is 14.5 Å². The Morgan fingerprint density at radius 1 is 1.19 bits per heavy atom. The maximum Gasteiger partial charge on any atom is 0.294 e. The Morgan fingerprint density at radius 3 is 2.59 bits per heavy atom. The number of nitro benzene ring substituents is 1. The number of hydrogen-bond acceptors (Lipinski definition) is 5. The van der Waals surface area contributed by atoms with Gasteiger partial charge >= 0.3 is 0 Å². The van der Waals surface area contributed by atoms with Gasteiger partial charge in [-0.3, -0.25) is 14.9 Å². The molecule has 0 aliphatic carbocycles. The molecule has 160 valence electrons. The van der Waals surface area contributed by atoms with Gasteiger partial charge in [0.2, 0.25) is 0 Å². The van der Waals surface area contributed by atoms with Crippen LogP contribution >= 0.6 is 27.5 Å². The number of hydrogen-bond donors (Lipinski definition) is 1. The number of nitrogens with zero attached hydrogens (tertiary/aromatic N) is 2. The van der Waals surface area contributed by atoms with Crippen LogP contribution < -0.4 is 10.1 Å². The molecule has 0 bridgehead atoms. The van der Waals surface area contributed by atoms with E-state index in [1.54, 1.807) is 18.2 Å². The number of carbonyl (C=O) groups excluding carboxylic acids is 1. The Hall–Kier alpha value is -3.67. The predicted molar refractivity (Wildman–Crippen MR) is 125 cm³/mol. The van der Waals surface area contributed by atoms with Crippen LogP contribution in [0.5, 0.6) is 5.75 Å². The summed E-state index contributed by atoms with van der Waals surface area (Å²) >= 11 is 9.21. The Kier molecular flexibility index (Phi) is 7.60. The summed E-state index contributed by atoms with van der Waals surface area (Å²) in [5.41, 5.74) is 0.936. The van der Waals surface area contributed by atoms with Crippen molar-refractivity contribution in [1.29, 1.82) is 5.26 Å². The third-order valence-electron chi connectivity index (χ3n) is 4.27. The van der Waals surface area contributed by atoms with Crippen LogP contribution in [0.1, 0.15) is 11.1 Å². The van der Waals surface area contributed by atoms with Gasteiger partial charge < -0.3 is 10.1 Å². The molecule has 0 aromatic heterocycles. The molecule has 3 rings (SSSR count). The molecule has 0 aliphatic heterocycles. The number of nitriles is 1. The van der Waals surface area contributed by atoms with E-state index < -0.39 is 10.8 Å². The van der Waals surface area contributed by atoms with E-state index in [0.717, 1.165) is 11.6 Å². The van der Waals surface area contributed by atoms with Gasteiger partial charge in [-0.2, -0.15) is 5.26 Å². The summed E-state index contributed by atoms with van der Waals surface area (Å²) in [6, 6.07) is 20.5. The second kappa shape index (κ2) is 10.6. The van der Waals surface area contributed by atoms with Crippen molar-refractivity contribution in [1.82, 2.24) is 0 Å². The third-order valence-corrected chi connectivity index (χ3v) is 5.13. The Balaban J connectivity index is 1.76. The molecule has 0 heterocycles. The van der Waals surface area contributed by atoms with Crippen LogP contribution in [0.15, 0.2) is 76.8 Å². The van der Waals surface area contributed by atoms with Crippen LogP contribution in [0.3, 0.4) is 0 Å². The first-order valence-corrected chi connectivity index (χ1v) is 10.4. The molecule has 7 nitrogen and oxygen atoms in total. The van der Waals surface area contributed by atoms with Crippen molar-refractivity contribution in [3.05, 3.63) is 103 Å². The van der Waals surface area contributed by atoms with Crippen molar-refractivity contribution >= 4 is 50.9 Å². The highest BCUT2D eigenvalue weighted by Crippen LogP contribution is 2.29. The molecule has 9 heteroatoms. The molecule has 0 unspecified atom stereocenters. The molecule has 3 aromatic carbocycles. The fourth-order valence-electron chi connectivity index (χ4n) is 2.73. The van der Waals surface area contributed by atoms with Gasteiger partial charge in [-0.1, -0.05) is 48.0 Å². The van der Waals surface area contributed by atoms with Crippen molar-refractivity contribution in [2.24, 2.45) is 0 Å². The van der Waals surface area contributed by atoms with Crippen molar-refractivity contribution in [2.45, 2.75) is 6.61 Å². The van der Waals surface area contributed by atoms with E-state index in [4.69, 9.17) is 16.3 Å². The number of nitro groups is 1. The molecule has 0 fully saturated rings. The Labute approximate surface area is 197 Å². The highest BCUT2D eigenvalue weighted by molar-refractivity contribution is 9.10. The number of carbonyl (C=O) groups is 1. The molecular weight excluding hydrogens is 498 g/mol. The van der Waals surface area contributed by atoms with Crippen LogP contribution in [0, 0.1) is 21.4 Å². The zero-order valence-electron chi connectivity index (χ0n) is 16.4. The molecule has 3 aromatic rings. The van der Waals surface area contributed by atoms with Crippen LogP contribution in [0.25, 0.3) is 6.08 Å². The maximum absolute atomic E-state index is 12.5. The van der Waals surface area contributed by atoms with E-state index >= 15 is 0 Å². The molecule has 0 saturated heterocycles. The van der Waals surface area contributed by atoms with E-state index in [1.807, 2.05) is 36.4 Å². The molecular formula is C23H15BrClN3O4.